The van der Waals surface area contributed by atoms with Crippen LogP contribution in [0.3, 0.4) is 0 Å². The molecule has 1 fully saturated rings. The van der Waals surface area contributed by atoms with Crippen molar-refractivity contribution < 1.29 is 5.11 Å². The first-order valence-corrected chi connectivity index (χ1v) is 8.21. The van der Waals surface area contributed by atoms with Crippen LogP contribution in [0.2, 0.25) is 0 Å². The molecule has 1 aliphatic rings. The van der Waals surface area contributed by atoms with Crippen molar-refractivity contribution in [3.05, 3.63) is 36.0 Å². The van der Waals surface area contributed by atoms with Crippen molar-refractivity contribution in [3.8, 4) is 0 Å². The topological polar surface area (TPSA) is 36.0 Å². The Morgan fingerprint density at radius 2 is 1.81 bits per heavy atom. The van der Waals surface area contributed by atoms with Gasteiger partial charge in [-0.05, 0) is 60.6 Å². The minimum atomic E-state index is -0.328. The quantitative estimate of drug-likeness (QED) is 0.795. The molecule has 1 aromatic carbocycles. The van der Waals surface area contributed by atoms with Crippen LogP contribution in [0.4, 0.5) is 0 Å². The van der Waals surface area contributed by atoms with Gasteiger partial charge >= 0.3 is 0 Å². The minimum absolute atomic E-state index is 0.328. The van der Waals surface area contributed by atoms with Gasteiger partial charge in [0.05, 0.1) is 6.10 Å². The molecule has 1 heterocycles. The van der Waals surface area contributed by atoms with E-state index in [4.69, 9.17) is 0 Å². The van der Waals surface area contributed by atoms with E-state index in [0.717, 1.165) is 29.8 Å². The Kier molecular flexibility index (Phi) is 3.83. The average Bonchev–Trinajstić information content (AvgIpc) is 2.94. The van der Waals surface area contributed by atoms with Crippen molar-refractivity contribution >= 4 is 10.9 Å². The smallest absolute Gasteiger partial charge is 0.0824 e. The predicted molar refractivity (Wildman–Crippen MR) is 88.2 cm³/mol. The molecule has 0 radical (unpaired) electrons. The van der Waals surface area contributed by atoms with Crippen LogP contribution in [0.5, 0.6) is 0 Å². The second kappa shape index (κ2) is 5.49. The lowest BCUT2D eigenvalue weighted by Gasteiger charge is -2.38. The van der Waals surface area contributed by atoms with Gasteiger partial charge in [-0.2, -0.15) is 0 Å². The van der Waals surface area contributed by atoms with Crippen molar-refractivity contribution in [2.45, 2.75) is 52.6 Å². The highest BCUT2D eigenvalue weighted by Gasteiger charge is 2.33. The van der Waals surface area contributed by atoms with Gasteiger partial charge in [-0.1, -0.05) is 32.9 Å². The van der Waals surface area contributed by atoms with Crippen molar-refractivity contribution in [2.75, 3.05) is 0 Å². The van der Waals surface area contributed by atoms with Crippen LogP contribution < -0.4 is 0 Å². The summed E-state index contributed by atoms with van der Waals surface area (Å²) in [5, 5.41) is 12.0. The van der Waals surface area contributed by atoms with Crippen molar-refractivity contribution in [3.63, 3.8) is 0 Å². The number of aromatic nitrogens is 1. The molecule has 1 unspecified atom stereocenters. The maximum Gasteiger partial charge on any atom is 0.0824 e. The Morgan fingerprint density at radius 3 is 2.48 bits per heavy atom. The van der Waals surface area contributed by atoms with Gasteiger partial charge in [0.25, 0.3) is 0 Å². The van der Waals surface area contributed by atoms with Gasteiger partial charge in [0, 0.05) is 17.1 Å². The van der Waals surface area contributed by atoms with Gasteiger partial charge in [0.15, 0.2) is 0 Å². The zero-order valence-electron chi connectivity index (χ0n) is 13.4. The molecule has 1 atom stereocenters. The molecule has 3 rings (SSSR count). The Bertz CT molecular complexity index is 599. The fourth-order valence-electron chi connectivity index (χ4n) is 3.92. The fourth-order valence-corrected chi connectivity index (χ4v) is 3.92. The third kappa shape index (κ3) is 2.87. The van der Waals surface area contributed by atoms with Gasteiger partial charge in [-0.15, -0.1) is 0 Å². The van der Waals surface area contributed by atoms with Crippen molar-refractivity contribution in [1.82, 2.24) is 4.98 Å². The number of aliphatic hydroxyl groups excluding tert-OH is 1. The summed E-state index contributed by atoms with van der Waals surface area (Å²) in [4.78, 5) is 3.23. The van der Waals surface area contributed by atoms with Crippen LogP contribution in [0, 0.1) is 17.3 Å². The monoisotopic (exact) mass is 285 g/mol. The predicted octanol–water partition coefficient (Wildman–Crippen LogP) is 5.05. The largest absolute Gasteiger partial charge is 0.388 e. The van der Waals surface area contributed by atoms with Crippen LogP contribution in [-0.4, -0.2) is 10.1 Å². The van der Waals surface area contributed by atoms with E-state index in [-0.39, 0.29) is 6.10 Å². The molecule has 1 aromatic heterocycles. The molecule has 0 saturated heterocycles. The Labute approximate surface area is 127 Å². The molecule has 21 heavy (non-hydrogen) atoms. The van der Waals surface area contributed by atoms with E-state index >= 15 is 0 Å². The lowest BCUT2D eigenvalue weighted by Crippen LogP contribution is -2.28. The molecule has 2 N–H and O–H groups in total. The minimum Gasteiger partial charge on any atom is -0.388 e. The van der Waals surface area contributed by atoms with Crippen LogP contribution in [0.25, 0.3) is 10.9 Å². The Morgan fingerprint density at radius 1 is 1.10 bits per heavy atom. The summed E-state index contributed by atoms with van der Waals surface area (Å²) in [5.74, 6) is 1.20. The molecule has 1 saturated carbocycles. The summed E-state index contributed by atoms with van der Waals surface area (Å²) >= 11 is 0. The first-order chi connectivity index (χ1) is 9.97. The summed E-state index contributed by atoms with van der Waals surface area (Å²) in [6, 6.07) is 8.27. The standard InChI is InChI=1S/C19H27NO/c1-19(2,3)14-9-7-13(8-10-14)18(21)16-5-4-6-17-15(16)11-12-20-17/h4-6,11-14,18,20-21H,7-10H2,1-3H3. The third-order valence-electron chi connectivity index (χ3n) is 5.39. The average molecular weight is 285 g/mol. The van der Waals surface area contributed by atoms with Gasteiger partial charge in [-0.3, -0.25) is 0 Å². The maximum absolute atomic E-state index is 10.8. The Balaban J connectivity index is 1.75. The van der Waals surface area contributed by atoms with E-state index in [2.05, 4.69) is 44.0 Å². The number of rotatable bonds is 2. The summed E-state index contributed by atoms with van der Waals surface area (Å²) in [7, 11) is 0. The molecule has 0 amide bonds. The molecule has 2 heteroatoms. The van der Waals surface area contributed by atoms with Gasteiger partial charge in [0.2, 0.25) is 0 Å². The second-order valence-corrected chi connectivity index (χ2v) is 7.71. The van der Waals surface area contributed by atoms with E-state index in [1.165, 1.54) is 18.2 Å². The van der Waals surface area contributed by atoms with E-state index in [1.807, 2.05) is 12.3 Å². The van der Waals surface area contributed by atoms with E-state index in [1.54, 1.807) is 0 Å². The number of aliphatic hydroxyl groups is 1. The molecule has 2 aromatic rings. The number of benzene rings is 1. The number of aromatic amines is 1. The van der Waals surface area contributed by atoms with Crippen LogP contribution in [0.1, 0.15) is 58.1 Å². The number of hydrogen-bond donors (Lipinski definition) is 2. The molecule has 0 aliphatic heterocycles. The molecule has 0 bridgehead atoms. The molecule has 2 nitrogen and oxygen atoms in total. The summed E-state index contributed by atoms with van der Waals surface area (Å²) in [6.07, 6.45) is 6.40. The second-order valence-electron chi connectivity index (χ2n) is 7.71. The maximum atomic E-state index is 10.8. The van der Waals surface area contributed by atoms with Crippen LogP contribution in [0.15, 0.2) is 30.5 Å². The van der Waals surface area contributed by atoms with Crippen molar-refractivity contribution in [2.24, 2.45) is 17.3 Å². The lowest BCUT2D eigenvalue weighted by molar-refractivity contribution is 0.0537. The molecule has 1 aliphatic carbocycles. The van der Waals surface area contributed by atoms with Crippen LogP contribution >= 0.6 is 0 Å². The van der Waals surface area contributed by atoms with Crippen LogP contribution in [-0.2, 0) is 0 Å². The highest BCUT2D eigenvalue weighted by atomic mass is 16.3. The number of H-pyrrole nitrogens is 1. The highest BCUT2D eigenvalue weighted by molar-refractivity contribution is 5.83. The third-order valence-corrected chi connectivity index (χ3v) is 5.39. The number of hydrogen-bond acceptors (Lipinski definition) is 1. The summed E-state index contributed by atoms with van der Waals surface area (Å²) in [6.45, 7) is 7.03. The van der Waals surface area contributed by atoms with Gasteiger partial charge in [0.1, 0.15) is 0 Å². The summed E-state index contributed by atoms with van der Waals surface area (Å²) < 4.78 is 0. The van der Waals surface area contributed by atoms with E-state index < -0.39 is 0 Å². The molecular formula is C19H27NO. The highest BCUT2D eigenvalue weighted by Crippen LogP contribution is 2.44. The first kappa shape index (κ1) is 14.6. The number of fused-ring (bicyclic) bond motifs is 1. The molecule has 0 spiro atoms. The lowest BCUT2D eigenvalue weighted by atomic mass is 9.68. The zero-order valence-corrected chi connectivity index (χ0v) is 13.4. The number of nitrogens with one attached hydrogen (secondary N) is 1. The zero-order chi connectivity index (χ0) is 15.0. The van der Waals surface area contributed by atoms with E-state index in [0.29, 0.717) is 11.3 Å². The summed E-state index contributed by atoms with van der Waals surface area (Å²) in [5.41, 5.74) is 2.61. The SMILES string of the molecule is CC(C)(C)C1CCC(C(O)c2cccc3[nH]ccc23)CC1. The Hall–Kier alpha value is -1.28. The first-order valence-electron chi connectivity index (χ1n) is 8.21. The van der Waals surface area contributed by atoms with Gasteiger partial charge < -0.3 is 10.1 Å². The normalized spacial score (nSPS) is 25.1. The molecular weight excluding hydrogens is 258 g/mol. The fraction of sp³-hybridized carbons (Fsp3) is 0.579. The van der Waals surface area contributed by atoms with Gasteiger partial charge in [-0.25, -0.2) is 0 Å². The van der Waals surface area contributed by atoms with E-state index in [9.17, 15) is 5.11 Å². The van der Waals surface area contributed by atoms with Crippen molar-refractivity contribution in [1.29, 1.82) is 0 Å². The molecule has 114 valence electrons.